The van der Waals surface area contributed by atoms with Gasteiger partial charge in [-0.2, -0.15) is 4.98 Å². The fraction of sp³-hybridized carbons (Fsp3) is 0.0667. The van der Waals surface area contributed by atoms with Gasteiger partial charge >= 0.3 is 0 Å². The van der Waals surface area contributed by atoms with Gasteiger partial charge in [-0.15, -0.1) is 0 Å². The Labute approximate surface area is 143 Å². The van der Waals surface area contributed by atoms with Crippen molar-refractivity contribution in [3.8, 4) is 17.2 Å². The number of nitrogens with zero attached hydrogens (tertiary/aromatic N) is 2. The van der Waals surface area contributed by atoms with Crippen LogP contribution in [-0.2, 0) is 6.42 Å². The fourth-order valence-electron chi connectivity index (χ4n) is 1.87. The highest BCUT2D eigenvalue weighted by Gasteiger charge is 2.11. The molecule has 0 fully saturated rings. The van der Waals surface area contributed by atoms with Gasteiger partial charge in [0.1, 0.15) is 5.75 Å². The zero-order valence-electron chi connectivity index (χ0n) is 10.8. The smallest absolute Gasteiger partial charge is 0.258 e. The van der Waals surface area contributed by atoms with Gasteiger partial charge in [0.15, 0.2) is 5.82 Å². The molecule has 3 rings (SSSR count). The first-order valence-electron chi connectivity index (χ1n) is 6.18. The highest BCUT2D eigenvalue weighted by atomic mass is 127. The van der Waals surface area contributed by atoms with Crippen LogP contribution in [0.5, 0.6) is 5.75 Å². The number of hydrogen-bond donors (Lipinski definition) is 1. The Morgan fingerprint density at radius 2 is 1.90 bits per heavy atom. The molecular weight excluding hydrogens is 447 g/mol. The third kappa shape index (κ3) is 3.44. The average molecular weight is 457 g/mol. The van der Waals surface area contributed by atoms with E-state index in [0.29, 0.717) is 23.7 Å². The SMILES string of the molecule is Oc1cc(-c2nc(Cc3ccc(Br)cc3)no2)ccc1I. The molecule has 3 aromatic rings. The predicted octanol–water partition coefficient (Wildman–Crippen LogP) is 4.40. The molecule has 2 aromatic carbocycles. The number of benzene rings is 2. The molecule has 21 heavy (non-hydrogen) atoms. The summed E-state index contributed by atoms with van der Waals surface area (Å²) >= 11 is 5.47. The molecule has 0 saturated heterocycles. The lowest BCUT2D eigenvalue weighted by molar-refractivity contribution is 0.423. The van der Waals surface area contributed by atoms with Gasteiger partial charge < -0.3 is 9.63 Å². The molecular formula is C15H10BrIN2O2. The molecule has 0 aliphatic carbocycles. The maximum Gasteiger partial charge on any atom is 0.258 e. The number of halogens is 2. The van der Waals surface area contributed by atoms with Gasteiger partial charge in [-0.05, 0) is 58.5 Å². The van der Waals surface area contributed by atoms with Crippen LogP contribution in [0.4, 0.5) is 0 Å². The van der Waals surface area contributed by atoms with Crippen molar-refractivity contribution in [3.63, 3.8) is 0 Å². The van der Waals surface area contributed by atoms with Crippen molar-refractivity contribution in [2.24, 2.45) is 0 Å². The lowest BCUT2D eigenvalue weighted by Gasteiger charge is -1.98. The minimum atomic E-state index is 0.209. The highest BCUT2D eigenvalue weighted by Crippen LogP contribution is 2.26. The maximum atomic E-state index is 9.73. The Hall–Kier alpha value is -1.41. The van der Waals surface area contributed by atoms with Gasteiger partial charge in [0.2, 0.25) is 0 Å². The van der Waals surface area contributed by atoms with Gasteiger partial charge in [0, 0.05) is 16.5 Å². The van der Waals surface area contributed by atoms with E-state index in [-0.39, 0.29) is 5.75 Å². The quantitative estimate of drug-likeness (QED) is 0.593. The van der Waals surface area contributed by atoms with Crippen LogP contribution in [-0.4, -0.2) is 15.2 Å². The third-order valence-corrected chi connectivity index (χ3v) is 4.38. The number of phenolic OH excluding ortho intramolecular Hbond substituents is 1. The van der Waals surface area contributed by atoms with Gasteiger partial charge in [-0.3, -0.25) is 0 Å². The number of phenols is 1. The topological polar surface area (TPSA) is 59.2 Å². The molecule has 1 aromatic heterocycles. The summed E-state index contributed by atoms with van der Waals surface area (Å²) in [6, 6.07) is 13.3. The Morgan fingerprint density at radius 3 is 2.62 bits per heavy atom. The van der Waals surface area contributed by atoms with Crippen LogP contribution < -0.4 is 0 Å². The van der Waals surface area contributed by atoms with E-state index < -0.39 is 0 Å². The monoisotopic (exact) mass is 456 g/mol. The van der Waals surface area contributed by atoms with Crippen LogP contribution in [0.1, 0.15) is 11.4 Å². The molecule has 6 heteroatoms. The van der Waals surface area contributed by atoms with E-state index in [1.54, 1.807) is 6.07 Å². The van der Waals surface area contributed by atoms with E-state index in [0.717, 1.165) is 13.6 Å². The minimum Gasteiger partial charge on any atom is -0.507 e. The molecule has 0 radical (unpaired) electrons. The van der Waals surface area contributed by atoms with E-state index in [4.69, 9.17) is 4.52 Å². The molecule has 0 unspecified atom stereocenters. The largest absolute Gasteiger partial charge is 0.507 e. The third-order valence-electron chi connectivity index (χ3n) is 2.94. The van der Waals surface area contributed by atoms with Crippen molar-refractivity contribution in [3.05, 3.63) is 61.9 Å². The second-order valence-electron chi connectivity index (χ2n) is 4.49. The zero-order valence-corrected chi connectivity index (χ0v) is 14.5. The second-order valence-corrected chi connectivity index (χ2v) is 6.56. The molecule has 0 bridgehead atoms. The van der Waals surface area contributed by atoms with Crippen LogP contribution in [0.15, 0.2) is 51.5 Å². The van der Waals surface area contributed by atoms with E-state index in [9.17, 15) is 5.11 Å². The summed E-state index contributed by atoms with van der Waals surface area (Å²) < 4.78 is 7.08. The first kappa shape index (κ1) is 14.5. The Morgan fingerprint density at radius 1 is 1.14 bits per heavy atom. The van der Waals surface area contributed by atoms with Crippen LogP contribution in [0.3, 0.4) is 0 Å². The summed E-state index contributed by atoms with van der Waals surface area (Å²) in [6.45, 7) is 0. The Bertz CT molecular complexity index is 772. The Kier molecular flexibility index (Phi) is 4.25. The lowest BCUT2D eigenvalue weighted by Crippen LogP contribution is -1.90. The molecule has 106 valence electrons. The average Bonchev–Trinajstić information content (AvgIpc) is 2.93. The predicted molar refractivity (Wildman–Crippen MR) is 91.1 cm³/mol. The van der Waals surface area contributed by atoms with Gasteiger partial charge in [0.05, 0.1) is 3.57 Å². The van der Waals surface area contributed by atoms with E-state index >= 15 is 0 Å². The summed E-state index contributed by atoms with van der Waals surface area (Å²) in [7, 11) is 0. The standard InChI is InChI=1S/C15H10BrIN2O2/c16-11-4-1-9(2-5-11)7-14-18-15(21-19-14)10-3-6-12(17)13(20)8-10/h1-6,8,20H,7H2. The first-order valence-corrected chi connectivity index (χ1v) is 8.05. The highest BCUT2D eigenvalue weighted by molar-refractivity contribution is 14.1. The molecule has 1 N–H and O–H groups in total. The van der Waals surface area contributed by atoms with Crippen LogP contribution in [0, 0.1) is 3.57 Å². The van der Waals surface area contributed by atoms with Crippen molar-refractivity contribution in [1.29, 1.82) is 0 Å². The summed E-state index contributed by atoms with van der Waals surface area (Å²) in [4.78, 5) is 4.37. The van der Waals surface area contributed by atoms with Crippen molar-refractivity contribution in [1.82, 2.24) is 10.1 Å². The maximum absolute atomic E-state index is 9.73. The molecule has 0 amide bonds. The summed E-state index contributed by atoms with van der Waals surface area (Å²) in [6.07, 6.45) is 0.604. The first-order chi connectivity index (χ1) is 10.1. The van der Waals surface area contributed by atoms with E-state index in [1.807, 2.05) is 36.4 Å². The van der Waals surface area contributed by atoms with Gasteiger partial charge in [-0.25, -0.2) is 0 Å². The van der Waals surface area contributed by atoms with Crippen molar-refractivity contribution >= 4 is 38.5 Å². The minimum absolute atomic E-state index is 0.209. The molecule has 0 atom stereocenters. The summed E-state index contributed by atoms with van der Waals surface area (Å²) in [5.41, 5.74) is 1.82. The molecule has 0 spiro atoms. The molecule has 0 saturated carbocycles. The lowest BCUT2D eigenvalue weighted by atomic mass is 10.1. The molecule has 4 nitrogen and oxygen atoms in total. The van der Waals surface area contributed by atoms with E-state index in [2.05, 4.69) is 48.7 Å². The van der Waals surface area contributed by atoms with Gasteiger partial charge in [0.25, 0.3) is 5.89 Å². The normalized spacial score (nSPS) is 10.8. The molecule has 0 aliphatic heterocycles. The van der Waals surface area contributed by atoms with Crippen LogP contribution in [0.25, 0.3) is 11.5 Å². The van der Waals surface area contributed by atoms with Crippen LogP contribution in [0.2, 0.25) is 0 Å². The van der Waals surface area contributed by atoms with Gasteiger partial charge in [-0.1, -0.05) is 33.2 Å². The zero-order chi connectivity index (χ0) is 14.8. The number of hydrogen-bond acceptors (Lipinski definition) is 4. The number of aromatic nitrogens is 2. The van der Waals surface area contributed by atoms with E-state index in [1.165, 1.54) is 0 Å². The van der Waals surface area contributed by atoms with Crippen molar-refractivity contribution in [2.75, 3.05) is 0 Å². The summed E-state index contributed by atoms with van der Waals surface area (Å²) in [5.74, 6) is 1.24. The number of aromatic hydroxyl groups is 1. The second kappa shape index (κ2) is 6.15. The van der Waals surface area contributed by atoms with Crippen molar-refractivity contribution < 1.29 is 9.63 Å². The van der Waals surface area contributed by atoms with Crippen molar-refractivity contribution in [2.45, 2.75) is 6.42 Å². The van der Waals surface area contributed by atoms with Crippen LogP contribution >= 0.6 is 38.5 Å². The fourth-order valence-corrected chi connectivity index (χ4v) is 2.47. The number of rotatable bonds is 3. The Balaban J connectivity index is 1.82. The molecule has 1 heterocycles. The summed E-state index contributed by atoms with van der Waals surface area (Å²) in [5, 5.41) is 13.7. The molecule has 0 aliphatic rings.